The van der Waals surface area contributed by atoms with Crippen LogP contribution in [0.2, 0.25) is 0 Å². The van der Waals surface area contributed by atoms with Gasteiger partial charge in [-0.15, -0.1) is 0 Å². The van der Waals surface area contributed by atoms with E-state index < -0.39 is 47.0 Å². The molecule has 3 rings (SSSR count). The first-order chi connectivity index (χ1) is 16.6. The highest BCUT2D eigenvalue weighted by Gasteiger charge is 2.36. The van der Waals surface area contributed by atoms with E-state index in [0.717, 1.165) is 0 Å². The number of nitrogens with zero attached hydrogens (tertiary/aromatic N) is 4. The van der Waals surface area contributed by atoms with Gasteiger partial charge < -0.3 is 30.2 Å². The molecule has 13 heteroatoms. The van der Waals surface area contributed by atoms with Crippen molar-refractivity contribution in [3.05, 3.63) is 16.7 Å². The van der Waals surface area contributed by atoms with E-state index in [1.54, 1.807) is 46.1 Å². The summed E-state index contributed by atoms with van der Waals surface area (Å²) in [5.74, 6) is -1.43. The number of ether oxygens (including phenoxy) is 2. The summed E-state index contributed by atoms with van der Waals surface area (Å²) in [6.07, 6.45) is 1.21. The summed E-state index contributed by atoms with van der Waals surface area (Å²) in [7, 11) is 0. The standard InChI is InChI=1S/C23H34N6O7/c1-22(2,3)35-20(33)26-13-9-12(10-15(30)31)7-8-14(13)28-11-25-16-17(28)27-19(24)29(18(16)32)21(34)36-23(4,5)6/h11-14H,7-10H2,1-6H3,(H2,24,27)(H,26,33)(H,30,31)/t12-,13-,14-/m1/s1. The van der Waals surface area contributed by atoms with Gasteiger partial charge in [-0.25, -0.2) is 14.6 Å². The lowest BCUT2D eigenvalue weighted by Crippen LogP contribution is -2.47. The van der Waals surface area contributed by atoms with Crippen molar-refractivity contribution in [2.24, 2.45) is 5.92 Å². The van der Waals surface area contributed by atoms with E-state index in [2.05, 4.69) is 15.3 Å². The number of nitrogens with one attached hydrogen (secondary N) is 1. The van der Waals surface area contributed by atoms with Crippen LogP contribution in [0.25, 0.3) is 11.2 Å². The molecule has 0 saturated heterocycles. The second kappa shape index (κ2) is 9.78. The highest BCUT2D eigenvalue weighted by molar-refractivity contribution is 5.80. The maximum Gasteiger partial charge on any atom is 0.424 e. The van der Waals surface area contributed by atoms with Crippen LogP contribution < -0.4 is 16.6 Å². The van der Waals surface area contributed by atoms with E-state index in [-0.39, 0.29) is 29.5 Å². The Labute approximate surface area is 208 Å². The Hall–Kier alpha value is -3.64. The van der Waals surface area contributed by atoms with Crippen molar-refractivity contribution >= 4 is 35.3 Å². The molecule has 1 aliphatic carbocycles. The summed E-state index contributed by atoms with van der Waals surface area (Å²) in [5.41, 5.74) is 3.69. The Bertz CT molecular complexity index is 1220. The van der Waals surface area contributed by atoms with Gasteiger partial charge in [0.1, 0.15) is 11.2 Å². The Morgan fingerprint density at radius 3 is 2.36 bits per heavy atom. The van der Waals surface area contributed by atoms with E-state index in [9.17, 15) is 24.3 Å². The fourth-order valence-corrected chi connectivity index (χ4v) is 4.33. The van der Waals surface area contributed by atoms with Gasteiger partial charge in [-0.05, 0) is 66.7 Å². The van der Waals surface area contributed by atoms with Gasteiger partial charge >= 0.3 is 18.2 Å². The molecule has 0 unspecified atom stereocenters. The minimum Gasteiger partial charge on any atom is -0.481 e. The van der Waals surface area contributed by atoms with E-state index in [1.807, 2.05) is 0 Å². The van der Waals surface area contributed by atoms with Gasteiger partial charge in [0.2, 0.25) is 5.95 Å². The van der Waals surface area contributed by atoms with Crippen molar-refractivity contribution in [2.45, 2.75) is 90.5 Å². The van der Waals surface area contributed by atoms with Gasteiger partial charge in [-0.3, -0.25) is 9.59 Å². The van der Waals surface area contributed by atoms with Crippen molar-refractivity contribution in [1.82, 2.24) is 24.4 Å². The number of nitrogen functional groups attached to an aromatic ring is 1. The van der Waals surface area contributed by atoms with Crippen molar-refractivity contribution in [1.29, 1.82) is 0 Å². The smallest absolute Gasteiger partial charge is 0.424 e. The molecule has 198 valence electrons. The number of nitrogens with two attached hydrogens (primary N) is 1. The first kappa shape index (κ1) is 27.0. The molecule has 2 heterocycles. The molecule has 3 atom stereocenters. The maximum atomic E-state index is 13.1. The van der Waals surface area contributed by atoms with Crippen LogP contribution in [-0.4, -0.2) is 59.6 Å². The van der Waals surface area contributed by atoms with Crippen LogP contribution in [0.4, 0.5) is 15.5 Å². The predicted molar refractivity (Wildman–Crippen MR) is 130 cm³/mol. The van der Waals surface area contributed by atoms with Crippen LogP contribution in [0, 0.1) is 5.92 Å². The molecule has 13 nitrogen and oxygen atoms in total. The molecule has 1 fully saturated rings. The van der Waals surface area contributed by atoms with Gasteiger partial charge in [-0.2, -0.15) is 9.55 Å². The molecular weight excluding hydrogens is 472 g/mol. The van der Waals surface area contributed by atoms with Crippen molar-refractivity contribution in [2.75, 3.05) is 5.73 Å². The molecule has 4 N–H and O–H groups in total. The first-order valence-corrected chi connectivity index (χ1v) is 11.8. The number of carboxylic acids is 1. The molecule has 1 amide bonds. The number of carbonyl (C=O) groups excluding carboxylic acids is 2. The molecule has 0 radical (unpaired) electrons. The molecule has 1 aliphatic rings. The average molecular weight is 507 g/mol. The van der Waals surface area contributed by atoms with Crippen molar-refractivity contribution in [3.8, 4) is 0 Å². The summed E-state index contributed by atoms with van der Waals surface area (Å²) < 4.78 is 12.9. The number of aromatic nitrogens is 4. The zero-order valence-electron chi connectivity index (χ0n) is 21.4. The quantitative estimate of drug-likeness (QED) is 0.557. The van der Waals surface area contributed by atoms with Crippen molar-refractivity contribution in [3.63, 3.8) is 0 Å². The van der Waals surface area contributed by atoms with Crippen LogP contribution >= 0.6 is 0 Å². The number of alkyl carbamates (subject to hydrolysis) is 1. The lowest BCUT2D eigenvalue weighted by Gasteiger charge is -2.37. The average Bonchev–Trinajstić information content (AvgIpc) is 3.08. The van der Waals surface area contributed by atoms with Crippen LogP contribution in [0.1, 0.15) is 73.3 Å². The fourth-order valence-electron chi connectivity index (χ4n) is 4.33. The second-order valence-electron chi connectivity index (χ2n) is 11.0. The van der Waals surface area contributed by atoms with Gasteiger partial charge in [0.05, 0.1) is 18.4 Å². The molecule has 0 aliphatic heterocycles. The minimum absolute atomic E-state index is 0.0321. The lowest BCUT2D eigenvalue weighted by molar-refractivity contribution is -0.138. The molecule has 2 aromatic heterocycles. The summed E-state index contributed by atoms with van der Waals surface area (Å²) in [4.78, 5) is 57.9. The van der Waals surface area contributed by atoms with E-state index in [0.29, 0.717) is 23.8 Å². The number of rotatable bonds is 4. The number of carbonyl (C=O) groups is 3. The SMILES string of the molecule is CC(C)(C)OC(=O)N[C@@H]1C[C@H](CC(=O)O)CC[C@H]1n1cnc2c(=O)n(C(=O)OC(C)(C)C)c(N)nc21. The number of carboxylic acid groups (broad SMARTS) is 1. The van der Waals surface area contributed by atoms with Gasteiger partial charge in [0, 0.05) is 6.42 Å². The molecule has 0 bridgehead atoms. The third kappa shape index (κ3) is 6.32. The monoisotopic (exact) mass is 506 g/mol. The fraction of sp³-hybridized carbons (Fsp3) is 0.652. The van der Waals surface area contributed by atoms with Crippen LogP contribution in [0.15, 0.2) is 11.1 Å². The molecule has 36 heavy (non-hydrogen) atoms. The largest absolute Gasteiger partial charge is 0.481 e. The van der Waals surface area contributed by atoms with Crippen LogP contribution in [-0.2, 0) is 14.3 Å². The molecule has 0 aromatic carbocycles. The van der Waals surface area contributed by atoms with E-state index in [4.69, 9.17) is 15.2 Å². The zero-order valence-corrected chi connectivity index (χ0v) is 21.4. The first-order valence-electron chi connectivity index (χ1n) is 11.8. The second-order valence-corrected chi connectivity index (χ2v) is 11.0. The number of amides is 1. The molecule has 0 spiro atoms. The highest BCUT2D eigenvalue weighted by atomic mass is 16.6. The van der Waals surface area contributed by atoms with E-state index >= 15 is 0 Å². The van der Waals surface area contributed by atoms with Gasteiger partial charge in [0.25, 0.3) is 5.56 Å². The third-order valence-electron chi connectivity index (χ3n) is 5.64. The minimum atomic E-state index is -0.965. The Morgan fingerprint density at radius 1 is 1.14 bits per heavy atom. The number of hydrogen-bond donors (Lipinski definition) is 3. The summed E-state index contributed by atoms with van der Waals surface area (Å²) in [6, 6.07) is -0.928. The Balaban J connectivity index is 1.99. The lowest BCUT2D eigenvalue weighted by atomic mass is 9.80. The zero-order chi connectivity index (χ0) is 27.0. The summed E-state index contributed by atoms with van der Waals surface area (Å²) in [5, 5.41) is 12.1. The number of imidazole rings is 1. The molecule has 1 saturated carbocycles. The summed E-state index contributed by atoms with van der Waals surface area (Å²) >= 11 is 0. The van der Waals surface area contributed by atoms with E-state index in [1.165, 1.54) is 6.33 Å². The third-order valence-corrected chi connectivity index (χ3v) is 5.64. The van der Waals surface area contributed by atoms with Gasteiger partial charge in [0.15, 0.2) is 11.2 Å². The maximum absolute atomic E-state index is 13.1. The number of anilines is 1. The topological polar surface area (TPSA) is 181 Å². The Kier molecular flexibility index (Phi) is 7.32. The van der Waals surface area contributed by atoms with Crippen molar-refractivity contribution < 1.29 is 29.0 Å². The molecule has 2 aromatic rings. The number of hydrogen-bond acceptors (Lipinski definition) is 9. The number of aliphatic carboxylic acids is 1. The Morgan fingerprint density at radius 2 is 1.78 bits per heavy atom. The van der Waals surface area contributed by atoms with Gasteiger partial charge in [-0.1, -0.05) is 0 Å². The predicted octanol–water partition coefficient (Wildman–Crippen LogP) is 2.67. The molecular formula is C23H34N6O7. The highest BCUT2D eigenvalue weighted by Crippen LogP contribution is 2.35. The number of fused-ring (bicyclic) bond motifs is 1. The normalized spacial score (nSPS) is 20.7. The summed E-state index contributed by atoms with van der Waals surface area (Å²) in [6.45, 7) is 10.2. The van der Waals surface area contributed by atoms with Crippen LogP contribution in [0.3, 0.4) is 0 Å². The van der Waals surface area contributed by atoms with Crippen LogP contribution in [0.5, 0.6) is 0 Å².